The zero-order chi connectivity index (χ0) is 33.4. The highest BCUT2D eigenvalue weighted by Crippen LogP contribution is 2.21. The van der Waals surface area contributed by atoms with E-state index < -0.39 is 5.37 Å². The summed E-state index contributed by atoms with van der Waals surface area (Å²) >= 11 is 4.80. The molecule has 1 amide bonds. The Labute approximate surface area is 284 Å². The number of ether oxygens (including phenoxy) is 7. The van der Waals surface area contributed by atoms with Gasteiger partial charge in [0.15, 0.2) is 5.78 Å². The van der Waals surface area contributed by atoms with Crippen LogP contribution in [0.25, 0.3) is 0 Å². The van der Waals surface area contributed by atoms with Crippen LogP contribution < -0.4 is 5.32 Å². The van der Waals surface area contributed by atoms with E-state index in [4.69, 9.17) is 33.2 Å². The van der Waals surface area contributed by atoms with Gasteiger partial charge in [-0.15, -0.1) is 11.8 Å². The standard InChI is InChI=1S/C31H59NO10S3/c1-6-27(7-20-43-22-18-41-15-13-39-11-9-36-3)30(35)32-31(45-24-17-38-5)29(34)25-28(26(2)33)8-21-44-23-19-42-16-14-40-12-10-37-4/h27-28,31H,6-25H2,1-5H3,(H,32,35)/t27-,28?,31-/m0/s1. The van der Waals surface area contributed by atoms with E-state index in [0.29, 0.717) is 97.7 Å². The maximum atomic E-state index is 13.4. The Kier molecular flexibility index (Phi) is 33.2. The van der Waals surface area contributed by atoms with Gasteiger partial charge in [-0.1, -0.05) is 6.92 Å². The lowest BCUT2D eigenvalue weighted by Gasteiger charge is -2.23. The molecule has 0 rings (SSSR count). The highest BCUT2D eigenvalue weighted by molar-refractivity contribution is 8.00. The van der Waals surface area contributed by atoms with E-state index in [9.17, 15) is 14.4 Å². The summed E-state index contributed by atoms with van der Waals surface area (Å²) in [5.41, 5.74) is 0. The van der Waals surface area contributed by atoms with Crippen LogP contribution in [0.1, 0.15) is 39.5 Å². The SMILES string of the molecule is CC[C@@H](CCSCCOCCOCCOC)C(=O)N[C@@H](SCCOC)C(=O)CC(CCSCCOCCOCCOC)C(C)=O. The summed E-state index contributed by atoms with van der Waals surface area (Å²) < 4.78 is 36.9. The van der Waals surface area contributed by atoms with Crippen molar-refractivity contribution >= 4 is 52.8 Å². The smallest absolute Gasteiger partial charge is 0.224 e. The van der Waals surface area contributed by atoms with Crippen LogP contribution in [0.3, 0.4) is 0 Å². The van der Waals surface area contributed by atoms with E-state index in [0.717, 1.165) is 23.0 Å². The Hall–Kier alpha value is -0.420. The first-order chi connectivity index (χ1) is 21.9. The average Bonchev–Trinajstić information content (AvgIpc) is 3.03. The third-order valence-electron chi connectivity index (χ3n) is 6.60. The molecule has 0 heterocycles. The largest absolute Gasteiger partial charge is 0.384 e. The van der Waals surface area contributed by atoms with Crippen LogP contribution in [0.15, 0.2) is 0 Å². The number of hydrogen-bond acceptors (Lipinski definition) is 13. The maximum Gasteiger partial charge on any atom is 0.224 e. The van der Waals surface area contributed by atoms with Crippen LogP contribution in [0.4, 0.5) is 0 Å². The number of rotatable bonds is 35. The lowest BCUT2D eigenvalue weighted by atomic mass is 9.95. The first-order valence-corrected chi connectivity index (χ1v) is 19.1. The molecular weight excluding hydrogens is 643 g/mol. The number of hydrogen-bond donors (Lipinski definition) is 1. The van der Waals surface area contributed by atoms with Crippen molar-refractivity contribution in [2.75, 3.05) is 123 Å². The van der Waals surface area contributed by atoms with E-state index in [1.807, 2.05) is 6.92 Å². The van der Waals surface area contributed by atoms with Gasteiger partial charge in [-0.25, -0.2) is 0 Å². The number of methoxy groups -OCH3 is 3. The van der Waals surface area contributed by atoms with Gasteiger partial charge in [-0.3, -0.25) is 14.4 Å². The average molecular weight is 702 g/mol. The monoisotopic (exact) mass is 701 g/mol. The molecule has 0 aliphatic rings. The van der Waals surface area contributed by atoms with Gasteiger partial charge in [0.2, 0.25) is 5.91 Å². The lowest BCUT2D eigenvalue weighted by Crippen LogP contribution is -2.43. The number of carbonyl (C=O) groups is 3. The van der Waals surface area contributed by atoms with E-state index in [-0.39, 0.29) is 35.7 Å². The molecule has 0 aliphatic carbocycles. The molecule has 0 saturated heterocycles. The Balaban J connectivity index is 4.55. The fourth-order valence-corrected chi connectivity index (χ4v) is 6.61. The summed E-state index contributed by atoms with van der Waals surface area (Å²) in [7, 11) is 4.88. The number of thioether (sulfide) groups is 3. The van der Waals surface area contributed by atoms with Gasteiger partial charge < -0.3 is 38.5 Å². The minimum absolute atomic E-state index is 0.00793. The van der Waals surface area contributed by atoms with Gasteiger partial charge >= 0.3 is 0 Å². The van der Waals surface area contributed by atoms with Gasteiger partial charge in [0.05, 0.1) is 72.7 Å². The number of Topliss-reactive ketones (excluding diaryl/α,β-unsaturated/α-hetero) is 2. The molecule has 0 saturated carbocycles. The number of ketones is 2. The summed E-state index contributed by atoms with van der Waals surface area (Å²) in [5.74, 6) is 2.96. The minimum Gasteiger partial charge on any atom is -0.384 e. The minimum atomic E-state index is -0.706. The second-order valence-corrected chi connectivity index (χ2v) is 13.7. The van der Waals surface area contributed by atoms with Crippen molar-refractivity contribution in [2.45, 2.75) is 44.9 Å². The Morgan fingerprint density at radius 1 is 0.600 bits per heavy atom. The number of nitrogens with one attached hydrogen (secondary N) is 1. The van der Waals surface area contributed by atoms with Crippen molar-refractivity contribution in [3.05, 3.63) is 0 Å². The lowest BCUT2D eigenvalue weighted by molar-refractivity contribution is -0.130. The fraction of sp³-hybridized carbons (Fsp3) is 0.903. The van der Waals surface area contributed by atoms with E-state index in [1.165, 1.54) is 18.7 Å². The molecule has 11 nitrogen and oxygen atoms in total. The van der Waals surface area contributed by atoms with Crippen LogP contribution in [0, 0.1) is 11.8 Å². The predicted octanol–water partition coefficient (Wildman–Crippen LogP) is 3.60. The topological polar surface area (TPSA) is 128 Å². The Morgan fingerprint density at radius 3 is 1.53 bits per heavy atom. The van der Waals surface area contributed by atoms with Crippen LogP contribution in [-0.2, 0) is 47.5 Å². The van der Waals surface area contributed by atoms with Gasteiger partial charge in [-0.05, 0) is 37.7 Å². The van der Waals surface area contributed by atoms with Crippen molar-refractivity contribution < 1.29 is 47.5 Å². The summed E-state index contributed by atoms with van der Waals surface area (Å²) in [4.78, 5) is 38.9. The third-order valence-corrected chi connectivity index (χ3v) is 9.67. The van der Waals surface area contributed by atoms with Crippen molar-refractivity contribution in [1.82, 2.24) is 5.32 Å². The normalized spacial score (nSPS) is 13.4. The van der Waals surface area contributed by atoms with Gasteiger partial charge in [0.25, 0.3) is 0 Å². The summed E-state index contributed by atoms with van der Waals surface area (Å²) in [5, 5.41) is 2.28. The van der Waals surface area contributed by atoms with Gasteiger partial charge in [-0.2, -0.15) is 23.5 Å². The van der Waals surface area contributed by atoms with E-state index in [2.05, 4.69) is 5.32 Å². The van der Waals surface area contributed by atoms with Crippen LogP contribution >= 0.6 is 35.3 Å². The molecule has 0 bridgehead atoms. The quantitative estimate of drug-likeness (QED) is 0.0765. The van der Waals surface area contributed by atoms with Crippen LogP contribution in [-0.4, -0.2) is 146 Å². The van der Waals surface area contributed by atoms with Crippen LogP contribution in [0.2, 0.25) is 0 Å². The van der Waals surface area contributed by atoms with Crippen molar-refractivity contribution in [3.63, 3.8) is 0 Å². The molecule has 0 aliphatic heterocycles. The van der Waals surface area contributed by atoms with E-state index >= 15 is 0 Å². The highest BCUT2D eigenvalue weighted by Gasteiger charge is 2.28. The van der Waals surface area contributed by atoms with Crippen molar-refractivity contribution in [3.8, 4) is 0 Å². The molecule has 0 aromatic carbocycles. The molecular formula is C31H59NO10S3. The Morgan fingerprint density at radius 2 is 1.07 bits per heavy atom. The zero-order valence-electron chi connectivity index (χ0n) is 28.2. The molecule has 0 aromatic heterocycles. The van der Waals surface area contributed by atoms with E-state index in [1.54, 1.807) is 44.9 Å². The molecule has 0 aromatic rings. The fourth-order valence-electron chi connectivity index (χ4n) is 3.85. The first kappa shape index (κ1) is 44.6. The van der Waals surface area contributed by atoms with Gasteiger partial charge in [0.1, 0.15) is 11.2 Å². The molecule has 0 radical (unpaired) electrons. The zero-order valence-corrected chi connectivity index (χ0v) is 30.6. The summed E-state index contributed by atoms with van der Waals surface area (Å²) in [6.45, 7) is 9.63. The van der Waals surface area contributed by atoms with Crippen molar-refractivity contribution in [2.24, 2.45) is 11.8 Å². The molecule has 45 heavy (non-hydrogen) atoms. The number of carbonyl (C=O) groups excluding carboxylic acids is 3. The van der Waals surface area contributed by atoms with Crippen LogP contribution in [0.5, 0.6) is 0 Å². The molecule has 3 atom stereocenters. The molecule has 0 fully saturated rings. The molecule has 0 spiro atoms. The molecule has 266 valence electrons. The second kappa shape index (κ2) is 33.5. The second-order valence-electron chi connectivity index (χ2n) is 10.1. The Bertz CT molecular complexity index is 723. The third kappa shape index (κ3) is 27.3. The molecule has 1 N–H and O–H groups in total. The molecule has 1 unspecified atom stereocenters. The van der Waals surface area contributed by atoms with Crippen molar-refractivity contribution in [1.29, 1.82) is 0 Å². The van der Waals surface area contributed by atoms with Gasteiger partial charge in [0, 0.05) is 56.8 Å². The predicted molar refractivity (Wildman–Crippen MR) is 185 cm³/mol. The maximum absolute atomic E-state index is 13.4. The molecule has 14 heteroatoms. The first-order valence-electron chi connectivity index (χ1n) is 15.8. The summed E-state index contributed by atoms with van der Waals surface area (Å²) in [6, 6.07) is 0. The number of amides is 1. The summed E-state index contributed by atoms with van der Waals surface area (Å²) in [6.07, 6.45) is 2.12. The highest BCUT2D eigenvalue weighted by atomic mass is 32.2.